The molecule has 1 aromatic carbocycles. The van der Waals surface area contributed by atoms with Crippen molar-refractivity contribution in [1.29, 1.82) is 0 Å². The van der Waals surface area contributed by atoms with E-state index in [0.717, 1.165) is 23.2 Å². The topological polar surface area (TPSA) is 65.5 Å². The van der Waals surface area contributed by atoms with E-state index >= 15 is 0 Å². The molecule has 0 atom stereocenters. The van der Waals surface area contributed by atoms with Gasteiger partial charge in [0.1, 0.15) is 0 Å². The van der Waals surface area contributed by atoms with Crippen molar-refractivity contribution >= 4 is 17.7 Å². The van der Waals surface area contributed by atoms with Crippen LogP contribution in [-0.2, 0) is 6.42 Å². The first-order valence-electron chi connectivity index (χ1n) is 7.07. The van der Waals surface area contributed by atoms with Gasteiger partial charge >= 0.3 is 6.03 Å². The number of hydrogen-bond donors (Lipinski definition) is 3. The van der Waals surface area contributed by atoms with Gasteiger partial charge in [-0.2, -0.15) is 0 Å². The Kier molecular flexibility index (Phi) is 6.56. The van der Waals surface area contributed by atoms with E-state index in [4.69, 9.17) is 0 Å². The summed E-state index contributed by atoms with van der Waals surface area (Å²) in [5.74, 6) is 0.499. The molecule has 0 aliphatic carbocycles. The largest absolute Gasteiger partial charge is 0.356 e. The van der Waals surface area contributed by atoms with Gasteiger partial charge in [0.25, 0.3) is 0 Å². The van der Waals surface area contributed by atoms with Gasteiger partial charge in [-0.3, -0.25) is 10.3 Å². The van der Waals surface area contributed by atoms with Crippen LogP contribution in [0.5, 0.6) is 0 Å². The number of aliphatic imine (C=N–C) groups is 1. The fourth-order valence-electron chi connectivity index (χ4n) is 1.92. The van der Waals surface area contributed by atoms with Gasteiger partial charge < -0.3 is 10.6 Å². The molecule has 0 saturated heterocycles. The van der Waals surface area contributed by atoms with Gasteiger partial charge in [-0.1, -0.05) is 25.1 Å². The van der Waals surface area contributed by atoms with Crippen LogP contribution < -0.4 is 16.0 Å². The van der Waals surface area contributed by atoms with Crippen molar-refractivity contribution in [2.45, 2.75) is 34.1 Å². The second-order valence-electron chi connectivity index (χ2n) is 4.39. The van der Waals surface area contributed by atoms with Crippen molar-refractivity contribution in [3.8, 4) is 0 Å². The van der Waals surface area contributed by atoms with Gasteiger partial charge in [0.05, 0.1) is 0 Å². The Morgan fingerprint density at radius 3 is 2.60 bits per heavy atom. The zero-order valence-electron chi connectivity index (χ0n) is 12.7. The molecule has 0 radical (unpaired) electrons. The highest BCUT2D eigenvalue weighted by atomic mass is 16.2. The Morgan fingerprint density at radius 2 is 2.00 bits per heavy atom. The number of amides is 2. The molecule has 2 amide bonds. The third-order valence-corrected chi connectivity index (χ3v) is 2.87. The second kappa shape index (κ2) is 8.19. The van der Waals surface area contributed by atoms with Crippen LogP contribution in [0.4, 0.5) is 10.5 Å². The minimum atomic E-state index is -0.276. The van der Waals surface area contributed by atoms with Crippen LogP contribution in [0.3, 0.4) is 0 Å². The summed E-state index contributed by atoms with van der Waals surface area (Å²) in [6.07, 6.45) is 0.875. The molecule has 20 heavy (non-hydrogen) atoms. The lowest BCUT2D eigenvalue weighted by molar-refractivity contribution is 0.256. The normalized spacial score (nSPS) is 11.1. The lowest BCUT2D eigenvalue weighted by Crippen LogP contribution is -2.43. The van der Waals surface area contributed by atoms with Crippen molar-refractivity contribution in [3.63, 3.8) is 0 Å². The molecule has 3 N–H and O–H groups in total. The number of guanidine groups is 1. The molecule has 0 unspecified atom stereocenters. The van der Waals surface area contributed by atoms with Gasteiger partial charge in [0.15, 0.2) is 5.96 Å². The summed E-state index contributed by atoms with van der Waals surface area (Å²) in [7, 11) is 0. The third kappa shape index (κ3) is 4.57. The van der Waals surface area contributed by atoms with Crippen LogP contribution in [0.2, 0.25) is 0 Å². The standard InChI is InChI=1S/C15H24N4O/c1-5-12-10-8-9-11(4)13(12)18-15(20)19-14(16-6-2)17-7-3/h8-10H,5-7H2,1-4H3,(H3,16,17,18,19,20). The summed E-state index contributed by atoms with van der Waals surface area (Å²) in [6.45, 7) is 9.27. The number of hydrogen-bond acceptors (Lipinski definition) is 2. The average Bonchev–Trinajstić information content (AvgIpc) is 2.41. The number of nitrogens with zero attached hydrogens (tertiary/aromatic N) is 1. The number of aryl methyl sites for hydroxylation is 2. The maximum atomic E-state index is 12.0. The molecule has 110 valence electrons. The number of nitrogens with one attached hydrogen (secondary N) is 3. The number of carbonyl (C=O) groups excluding carboxylic acids is 1. The van der Waals surface area contributed by atoms with Gasteiger partial charge in [0, 0.05) is 18.8 Å². The molecule has 0 aromatic heterocycles. The lowest BCUT2D eigenvalue weighted by Gasteiger charge is -2.15. The fourth-order valence-corrected chi connectivity index (χ4v) is 1.92. The summed E-state index contributed by atoms with van der Waals surface area (Å²) in [4.78, 5) is 16.2. The minimum absolute atomic E-state index is 0.276. The maximum Gasteiger partial charge on any atom is 0.326 e. The van der Waals surface area contributed by atoms with Crippen LogP contribution in [0.25, 0.3) is 0 Å². The van der Waals surface area contributed by atoms with Crippen molar-refractivity contribution < 1.29 is 4.79 Å². The summed E-state index contributed by atoms with van der Waals surface area (Å²) in [5.41, 5.74) is 3.05. The number of carbonyl (C=O) groups is 1. The maximum absolute atomic E-state index is 12.0. The van der Waals surface area contributed by atoms with Crippen LogP contribution in [0, 0.1) is 6.92 Å². The molecule has 5 heteroatoms. The minimum Gasteiger partial charge on any atom is -0.356 e. The third-order valence-electron chi connectivity index (χ3n) is 2.87. The summed E-state index contributed by atoms with van der Waals surface area (Å²) >= 11 is 0. The van der Waals surface area contributed by atoms with Crippen molar-refractivity contribution in [1.82, 2.24) is 10.6 Å². The monoisotopic (exact) mass is 276 g/mol. The van der Waals surface area contributed by atoms with E-state index in [9.17, 15) is 4.79 Å². The quantitative estimate of drug-likeness (QED) is 0.584. The number of urea groups is 1. The SMILES string of the molecule is CCN=C(NCC)NC(=O)Nc1c(C)cccc1CC. The van der Waals surface area contributed by atoms with Crippen LogP contribution >= 0.6 is 0 Å². The molecular weight excluding hydrogens is 252 g/mol. The van der Waals surface area contributed by atoms with Crippen LogP contribution in [0.1, 0.15) is 31.9 Å². The Hall–Kier alpha value is -2.04. The predicted octanol–water partition coefficient (Wildman–Crippen LogP) is 2.66. The highest BCUT2D eigenvalue weighted by Gasteiger charge is 2.09. The number of benzene rings is 1. The molecule has 5 nitrogen and oxygen atoms in total. The first-order chi connectivity index (χ1) is 9.62. The summed E-state index contributed by atoms with van der Waals surface area (Å²) < 4.78 is 0. The van der Waals surface area contributed by atoms with Crippen LogP contribution in [0.15, 0.2) is 23.2 Å². The Morgan fingerprint density at radius 1 is 1.25 bits per heavy atom. The van der Waals surface area contributed by atoms with E-state index in [1.807, 2.05) is 39.0 Å². The van der Waals surface area contributed by atoms with Gasteiger partial charge in [-0.25, -0.2) is 4.79 Å². The molecule has 0 bridgehead atoms. The predicted molar refractivity (Wildman–Crippen MR) is 84.4 cm³/mol. The summed E-state index contributed by atoms with van der Waals surface area (Å²) in [6, 6.07) is 5.73. The van der Waals surface area contributed by atoms with E-state index in [0.29, 0.717) is 19.0 Å². The summed E-state index contributed by atoms with van der Waals surface area (Å²) in [5, 5.41) is 8.66. The van der Waals surface area contributed by atoms with Crippen molar-refractivity contribution in [3.05, 3.63) is 29.3 Å². The molecule has 1 aromatic rings. The molecule has 0 spiro atoms. The number of rotatable bonds is 4. The van der Waals surface area contributed by atoms with Gasteiger partial charge in [0.2, 0.25) is 0 Å². The molecule has 0 aliphatic heterocycles. The van der Waals surface area contributed by atoms with E-state index in [1.165, 1.54) is 0 Å². The lowest BCUT2D eigenvalue weighted by atomic mass is 10.1. The first kappa shape index (κ1) is 16.0. The highest BCUT2D eigenvalue weighted by molar-refractivity contribution is 6.03. The molecular formula is C15H24N4O. The first-order valence-corrected chi connectivity index (χ1v) is 7.07. The second-order valence-corrected chi connectivity index (χ2v) is 4.39. The molecule has 1 rings (SSSR count). The molecule has 0 fully saturated rings. The van der Waals surface area contributed by atoms with E-state index in [1.54, 1.807) is 0 Å². The fraction of sp³-hybridized carbons (Fsp3) is 0.467. The number of anilines is 1. The molecule has 0 aliphatic rings. The van der Waals surface area contributed by atoms with E-state index in [2.05, 4.69) is 27.9 Å². The van der Waals surface area contributed by atoms with Crippen molar-refractivity contribution in [2.24, 2.45) is 4.99 Å². The van der Waals surface area contributed by atoms with Gasteiger partial charge in [-0.05, 0) is 38.3 Å². The Labute approximate surface area is 120 Å². The highest BCUT2D eigenvalue weighted by Crippen LogP contribution is 2.20. The van der Waals surface area contributed by atoms with E-state index in [-0.39, 0.29) is 6.03 Å². The van der Waals surface area contributed by atoms with E-state index < -0.39 is 0 Å². The Balaban J connectivity index is 2.78. The van der Waals surface area contributed by atoms with Gasteiger partial charge in [-0.15, -0.1) is 0 Å². The Bertz CT molecular complexity index is 483. The molecule has 0 heterocycles. The zero-order chi connectivity index (χ0) is 15.0. The zero-order valence-corrected chi connectivity index (χ0v) is 12.7. The molecule has 0 saturated carbocycles. The smallest absolute Gasteiger partial charge is 0.326 e. The number of para-hydroxylation sites is 1. The van der Waals surface area contributed by atoms with Crippen molar-refractivity contribution in [2.75, 3.05) is 18.4 Å². The average molecular weight is 276 g/mol. The van der Waals surface area contributed by atoms with Crippen LogP contribution in [-0.4, -0.2) is 25.1 Å².